The van der Waals surface area contributed by atoms with Crippen molar-refractivity contribution in [3.05, 3.63) is 36.4 Å². The number of benzene rings is 2. The van der Waals surface area contributed by atoms with Gasteiger partial charge in [0, 0.05) is 9.64 Å². The van der Waals surface area contributed by atoms with E-state index in [1.165, 1.54) is 15.7 Å². The number of ether oxygens (including phenoxy) is 1. The van der Waals surface area contributed by atoms with E-state index in [9.17, 15) is 5.11 Å². The Balaban J connectivity index is 2.33. The molecule has 0 unspecified atom stereocenters. The van der Waals surface area contributed by atoms with Gasteiger partial charge in [0.2, 0.25) is 0 Å². The van der Waals surface area contributed by atoms with Crippen molar-refractivity contribution in [3.8, 4) is 5.75 Å². The van der Waals surface area contributed by atoms with Crippen LogP contribution in [-0.4, -0.2) is 23.6 Å². The maximum atomic E-state index is 9.30. The van der Waals surface area contributed by atoms with Crippen LogP contribution in [0.5, 0.6) is 5.75 Å². The number of hydrogen-bond donors (Lipinski definition) is 1. The third-order valence-corrected chi connectivity index (χ3v) is 3.97. The Hall–Kier alpha value is -1.19. The van der Waals surface area contributed by atoms with E-state index in [0.29, 0.717) is 0 Å². The minimum absolute atomic E-state index is 0.153. The molecule has 0 heterocycles. The van der Waals surface area contributed by atoms with Crippen LogP contribution in [0.4, 0.5) is 0 Å². The Morgan fingerprint density at radius 2 is 1.78 bits per heavy atom. The lowest BCUT2D eigenvalue weighted by atomic mass is 10.1. The highest BCUT2D eigenvalue weighted by molar-refractivity contribution is 8.00. The average molecular weight is 262 g/mol. The lowest BCUT2D eigenvalue weighted by molar-refractivity contribution is 0.265. The Labute approximate surface area is 112 Å². The SMILES string of the molecule is COc1ccc2cc(SC(C)(C)CO)ccc2c1. The van der Waals surface area contributed by atoms with Crippen LogP contribution in [0.15, 0.2) is 41.3 Å². The first-order valence-corrected chi connectivity index (χ1v) is 6.73. The van der Waals surface area contributed by atoms with Crippen LogP contribution in [-0.2, 0) is 0 Å². The van der Waals surface area contributed by atoms with Crippen molar-refractivity contribution in [2.75, 3.05) is 13.7 Å². The van der Waals surface area contributed by atoms with Crippen LogP contribution >= 0.6 is 11.8 Å². The first-order chi connectivity index (χ1) is 8.54. The Bertz CT molecular complexity index is 549. The molecule has 0 aliphatic heterocycles. The molecule has 0 aliphatic rings. The summed E-state index contributed by atoms with van der Waals surface area (Å²) < 4.78 is 5.06. The third kappa shape index (κ3) is 2.98. The van der Waals surface area contributed by atoms with Crippen molar-refractivity contribution in [2.45, 2.75) is 23.5 Å². The maximum absolute atomic E-state index is 9.30. The average Bonchev–Trinajstić information content (AvgIpc) is 2.37. The van der Waals surface area contributed by atoms with Gasteiger partial charge in [-0.2, -0.15) is 0 Å². The van der Waals surface area contributed by atoms with Gasteiger partial charge in [-0.3, -0.25) is 0 Å². The molecular weight excluding hydrogens is 244 g/mol. The second-order valence-electron chi connectivity index (χ2n) is 4.89. The van der Waals surface area contributed by atoms with E-state index in [-0.39, 0.29) is 11.4 Å². The highest BCUT2D eigenvalue weighted by atomic mass is 32.2. The molecule has 0 atom stereocenters. The summed E-state index contributed by atoms with van der Waals surface area (Å²) in [7, 11) is 1.68. The van der Waals surface area contributed by atoms with Crippen molar-refractivity contribution in [1.29, 1.82) is 0 Å². The fourth-order valence-corrected chi connectivity index (χ4v) is 2.77. The van der Waals surface area contributed by atoms with Crippen molar-refractivity contribution in [1.82, 2.24) is 0 Å². The molecule has 0 saturated carbocycles. The number of hydrogen-bond acceptors (Lipinski definition) is 3. The third-order valence-electron chi connectivity index (χ3n) is 2.79. The van der Waals surface area contributed by atoms with Crippen LogP contribution in [0.3, 0.4) is 0 Å². The zero-order chi connectivity index (χ0) is 13.2. The summed E-state index contributed by atoms with van der Waals surface area (Å²) in [5.74, 6) is 0.874. The quantitative estimate of drug-likeness (QED) is 0.852. The monoisotopic (exact) mass is 262 g/mol. The molecule has 18 heavy (non-hydrogen) atoms. The summed E-state index contributed by atoms with van der Waals surface area (Å²) in [5, 5.41) is 11.7. The molecule has 0 spiro atoms. The minimum atomic E-state index is -0.153. The van der Waals surface area contributed by atoms with Gasteiger partial charge in [0.05, 0.1) is 13.7 Å². The van der Waals surface area contributed by atoms with Crippen LogP contribution in [0.25, 0.3) is 10.8 Å². The highest BCUT2D eigenvalue weighted by Crippen LogP contribution is 2.34. The van der Waals surface area contributed by atoms with Crippen LogP contribution in [0.1, 0.15) is 13.8 Å². The zero-order valence-electron chi connectivity index (χ0n) is 10.9. The predicted molar refractivity (Wildman–Crippen MR) is 77.5 cm³/mol. The van der Waals surface area contributed by atoms with E-state index in [2.05, 4.69) is 24.3 Å². The van der Waals surface area contributed by atoms with Gasteiger partial charge in [-0.15, -0.1) is 11.8 Å². The fraction of sp³-hybridized carbons (Fsp3) is 0.333. The fourth-order valence-electron chi connectivity index (χ4n) is 1.74. The first-order valence-electron chi connectivity index (χ1n) is 5.92. The summed E-state index contributed by atoms with van der Waals surface area (Å²) in [6.45, 7) is 4.24. The molecule has 0 bridgehead atoms. The molecule has 2 nitrogen and oxygen atoms in total. The summed E-state index contributed by atoms with van der Waals surface area (Å²) in [6, 6.07) is 12.4. The van der Waals surface area contributed by atoms with Gasteiger partial charge in [0.25, 0.3) is 0 Å². The zero-order valence-corrected chi connectivity index (χ0v) is 11.8. The number of methoxy groups -OCH3 is 1. The molecule has 0 saturated heterocycles. The first kappa shape index (κ1) is 13.2. The Kier molecular flexibility index (Phi) is 3.83. The number of thioether (sulfide) groups is 1. The molecule has 3 heteroatoms. The molecule has 0 aliphatic carbocycles. The van der Waals surface area contributed by atoms with Crippen LogP contribution in [0.2, 0.25) is 0 Å². The number of aliphatic hydroxyl groups is 1. The molecule has 1 N–H and O–H groups in total. The van der Waals surface area contributed by atoms with E-state index in [4.69, 9.17) is 4.74 Å². The molecule has 0 fully saturated rings. The Morgan fingerprint density at radius 1 is 1.11 bits per heavy atom. The van der Waals surface area contributed by atoms with E-state index in [0.717, 1.165) is 5.75 Å². The highest BCUT2D eigenvalue weighted by Gasteiger charge is 2.18. The Morgan fingerprint density at radius 3 is 2.44 bits per heavy atom. The number of aliphatic hydroxyl groups excluding tert-OH is 1. The van der Waals surface area contributed by atoms with Gasteiger partial charge in [-0.05, 0) is 48.9 Å². The molecule has 2 rings (SSSR count). The van der Waals surface area contributed by atoms with Gasteiger partial charge in [-0.25, -0.2) is 0 Å². The van der Waals surface area contributed by atoms with Crippen molar-refractivity contribution >= 4 is 22.5 Å². The van der Waals surface area contributed by atoms with Crippen molar-refractivity contribution < 1.29 is 9.84 Å². The normalized spacial score (nSPS) is 11.8. The summed E-state index contributed by atoms with van der Waals surface area (Å²) in [4.78, 5) is 1.17. The number of fused-ring (bicyclic) bond motifs is 1. The molecular formula is C15H18O2S. The number of rotatable bonds is 4. The van der Waals surface area contributed by atoms with Gasteiger partial charge in [-0.1, -0.05) is 12.1 Å². The second kappa shape index (κ2) is 5.21. The van der Waals surface area contributed by atoms with Crippen LogP contribution < -0.4 is 4.74 Å². The maximum Gasteiger partial charge on any atom is 0.119 e. The standard InChI is InChI=1S/C15H18O2S/c1-15(2,10-16)18-14-7-5-11-8-13(17-3)6-4-12(11)9-14/h4-9,16H,10H2,1-3H3. The molecule has 2 aromatic carbocycles. The van der Waals surface area contributed by atoms with E-state index in [1.807, 2.05) is 26.0 Å². The van der Waals surface area contributed by atoms with Crippen molar-refractivity contribution in [2.24, 2.45) is 0 Å². The summed E-state index contributed by atoms with van der Waals surface area (Å²) in [6.07, 6.45) is 0. The van der Waals surface area contributed by atoms with Gasteiger partial charge in [0.15, 0.2) is 0 Å². The van der Waals surface area contributed by atoms with Gasteiger partial charge >= 0.3 is 0 Å². The smallest absolute Gasteiger partial charge is 0.119 e. The van der Waals surface area contributed by atoms with Crippen LogP contribution in [0, 0.1) is 0 Å². The predicted octanol–water partition coefficient (Wildman–Crippen LogP) is 3.71. The molecule has 0 aromatic heterocycles. The van der Waals surface area contributed by atoms with E-state index in [1.54, 1.807) is 18.9 Å². The summed E-state index contributed by atoms with van der Waals surface area (Å²) >= 11 is 1.69. The molecule has 0 radical (unpaired) electrons. The van der Waals surface area contributed by atoms with Gasteiger partial charge < -0.3 is 9.84 Å². The lowest BCUT2D eigenvalue weighted by Crippen LogP contribution is -2.19. The largest absolute Gasteiger partial charge is 0.497 e. The van der Waals surface area contributed by atoms with E-state index < -0.39 is 0 Å². The lowest BCUT2D eigenvalue weighted by Gasteiger charge is -2.21. The molecule has 0 amide bonds. The molecule has 2 aromatic rings. The van der Waals surface area contributed by atoms with Crippen molar-refractivity contribution in [3.63, 3.8) is 0 Å². The minimum Gasteiger partial charge on any atom is -0.497 e. The topological polar surface area (TPSA) is 29.5 Å². The van der Waals surface area contributed by atoms with E-state index >= 15 is 0 Å². The van der Waals surface area contributed by atoms with Gasteiger partial charge in [0.1, 0.15) is 5.75 Å². The second-order valence-corrected chi connectivity index (χ2v) is 6.68. The summed E-state index contributed by atoms with van der Waals surface area (Å²) in [5.41, 5.74) is 0. The molecule has 96 valence electrons.